The standard InChI is InChI=1S/C61H57N5O/c1-59(2,3)44-25-18-24-43(34-44)58-63-65(40-64(58)57-50(41-20-12-10-13-21-41)27-19-28-51(57)42-22-14-11-15-23-42)47-35-46(61(7,8)9)36-49(38-47)67-48-30-31-53-52-26-16-17-29-54(52)66(55(53)39-48)56-37-45(32-33-62-56)60(4,5)6/h10-39H,1-9H3/i10D,11D,12D,13D,14D,15D,20D,21D,22D,23D. The number of benzene rings is 7. The van der Waals surface area contributed by atoms with Gasteiger partial charge in [-0.1, -0.05) is 189 Å². The third-order valence-electron chi connectivity index (χ3n) is 12.1. The fourth-order valence-corrected chi connectivity index (χ4v) is 8.45. The number of fused-ring (bicyclic) bond motifs is 3. The van der Waals surface area contributed by atoms with Crippen molar-refractivity contribution in [2.45, 2.75) is 78.6 Å². The van der Waals surface area contributed by atoms with Crippen LogP contribution < -0.4 is 9.30 Å². The van der Waals surface area contributed by atoms with Gasteiger partial charge in [0.15, 0.2) is 0 Å². The molecule has 0 atom stereocenters. The first-order valence-electron chi connectivity index (χ1n) is 27.4. The van der Waals surface area contributed by atoms with Crippen LogP contribution in [0.5, 0.6) is 11.5 Å². The van der Waals surface area contributed by atoms with Gasteiger partial charge in [0, 0.05) is 34.3 Å². The Bertz CT molecular complexity index is 3900. The summed E-state index contributed by atoms with van der Waals surface area (Å²) >= 11 is 0. The van der Waals surface area contributed by atoms with Crippen molar-refractivity contribution < 1.29 is 23.0 Å². The Morgan fingerprint density at radius 3 is 1.84 bits per heavy atom. The van der Waals surface area contributed by atoms with Crippen LogP contribution in [0.25, 0.3) is 72.6 Å². The molecule has 332 valence electrons. The Morgan fingerprint density at radius 1 is 0.537 bits per heavy atom. The first-order valence-corrected chi connectivity index (χ1v) is 22.4. The summed E-state index contributed by atoms with van der Waals surface area (Å²) in [6.07, 6.45) is 5.30. The Hall–Kier alpha value is -7.57. The maximum absolute atomic E-state index is 9.21. The Balaban J connectivity index is 1.23. The summed E-state index contributed by atoms with van der Waals surface area (Å²) in [4.78, 5) is 4.87. The predicted molar refractivity (Wildman–Crippen MR) is 275 cm³/mol. The fourth-order valence-electron chi connectivity index (χ4n) is 8.45. The second-order valence-electron chi connectivity index (χ2n) is 20.0. The van der Waals surface area contributed by atoms with Crippen LogP contribution in [0.3, 0.4) is 0 Å². The van der Waals surface area contributed by atoms with Crippen molar-refractivity contribution in [3.8, 4) is 62.3 Å². The molecule has 0 fully saturated rings. The van der Waals surface area contributed by atoms with Crippen molar-refractivity contribution in [1.82, 2.24) is 19.3 Å². The van der Waals surface area contributed by atoms with Crippen LogP contribution in [0.15, 0.2) is 182 Å². The van der Waals surface area contributed by atoms with Gasteiger partial charge in [0.25, 0.3) is 0 Å². The van der Waals surface area contributed by atoms with E-state index in [-0.39, 0.29) is 44.6 Å². The lowest BCUT2D eigenvalue weighted by Gasteiger charge is -2.22. The van der Waals surface area contributed by atoms with Crippen molar-refractivity contribution in [2.24, 2.45) is 0 Å². The monoisotopic (exact) mass is 886 g/mol. The summed E-state index contributed by atoms with van der Waals surface area (Å²) < 4.78 is 101. The van der Waals surface area contributed by atoms with Crippen LogP contribution in [0.2, 0.25) is 0 Å². The molecular formula is C61H57N5O. The van der Waals surface area contributed by atoms with E-state index >= 15 is 0 Å². The number of rotatable bonds is 8. The van der Waals surface area contributed by atoms with Crippen LogP contribution in [-0.4, -0.2) is 19.3 Å². The van der Waals surface area contributed by atoms with Crippen LogP contribution in [0.1, 0.15) is 92.7 Å². The maximum Gasteiger partial charge on any atom is 0.231 e. The summed E-state index contributed by atoms with van der Waals surface area (Å²) in [7, 11) is 0. The van der Waals surface area contributed by atoms with E-state index in [4.69, 9.17) is 23.0 Å². The number of para-hydroxylation sites is 2. The molecule has 0 spiro atoms. The molecule has 0 aliphatic heterocycles. The maximum atomic E-state index is 9.21. The van der Waals surface area contributed by atoms with Gasteiger partial charge < -0.3 is 9.30 Å². The van der Waals surface area contributed by atoms with Gasteiger partial charge in [-0.05, 0) is 103 Å². The second kappa shape index (κ2) is 16.7. The minimum atomic E-state index is -0.583. The molecule has 0 saturated heterocycles. The van der Waals surface area contributed by atoms with E-state index in [1.807, 2.05) is 72.9 Å². The van der Waals surface area contributed by atoms with E-state index < -0.39 is 65.8 Å². The first kappa shape index (κ1) is 33.0. The Morgan fingerprint density at radius 2 is 1.16 bits per heavy atom. The van der Waals surface area contributed by atoms with Crippen molar-refractivity contribution in [1.29, 1.82) is 0 Å². The number of aromatic nitrogens is 5. The molecular weight excluding hydrogens is 819 g/mol. The highest BCUT2D eigenvalue weighted by Gasteiger charge is 2.25. The highest BCUT2D eigenvalue weighted by molar-refractivity contribution is 6.09. The molecule has 0 saturated carbocycles. The average molecular weight is 886 g/mol. The van der Waals surface area contributed by atoms with Crippen molar-refractivity contribution in [2.75, 3.05) is 0 Å². The minimum absolute atomic E-state index is 0.108. The molecule has 7 aromatic carbocycles. The molecule has 0 radical (unpaired) electrons. The van der Waals surface area contributed by atoms with Gasteiger partial charge >= 0.3 is 0 Å². The number of ether oxygens (including phenoxy) is 1. The largest absolute Gasteiger partial charge is 0.458 e. The number of pyridine rings is 1. The van der Waals surface area contributed by atoms with Crippen molar-refractivity contribution >= 4 is 21.8 Å². The van der Waals surface area contributed by atoms with E-state index in [1.54, 1.807) is 27.4 Å². The molecule has 3 aromatic heterocycles. The molecule has 0 bridgehead atoms. The van der Waals surface area contributed by atoms with Crippen LogP contribution in [-0.2, 0) is 16.2 Å². The van der Waals surface area contributed by atoms with Crippen LogP contribution in [0, 0.1) is 6.33 Å². The molecule has 0 unspecified atom stereocenters. The van der Waals surface area contributed by atoms with Gasteiger partial charge in [0.05, 0.1) is 30.4 Å². The topological polar surface area (TPSA) is 48.8 Å². The molecule has 67 heavy (non-hydrogen) atoms. The minimum Gasteiger partial charge on any atom is -0.458 e. The van der Waals surface area contributed by atoms with Gasteiger partial charge in [-0.3, -0.25) is 4.57 Å². The number of hydrogen-bond donors (Lipinski definition) is 0. The molecule has 6 heteroatoms. The summed E-state index contributed by atoms with van der Waals surface area (Å²) in [5.41, 5.74) is 5.25. The molecule has 0 aliphatic rings. The van der Waals surface area contributed by atoms with E-state index in [9.17, 15) is 5.48 Å². The van der Waals surface area contributed by atoms with Gasteiger partial charge in [-0.2, -0.15) is 4.68 Å². The molecule has 0 amide bonds. The molecule has 0 aliphatic carbocycles. The van der Waals surface area contributed by atoms with Gasteiger partial charge in [0.1, 0.15) is 17.3 Å². The number of nitrogens with zero attached hydrogens (tertiary/aromatic N) is 5. The van der Waals surface area contributed by atoms with Gasteiger partial charge in [0.2, 0.25) is 12.2 Å². The highest BCUT2D eigenvalue weighted by Crippen LogP contribution is 2.39. The Kier molecular flexibility index (Phi) is 8.22. The van der Waals surface area contributed by atoms with Crippen LogP contribution in [0.4, 0.5) is 0 Å². The van der Waals surface area contributed by atoms with Crippen LogP contribution >= 0.6 is 0 Å². The fraction of sp³-hybridized carbons (Fsp3) is 0.197. The summed E-state index contributed by atoms with van der Waals surface area (Å²) in [5.74, 6) is 2.14. The lowest BCUT2D eigenvalue weighted by atomic mass is 9.86. The molecule has 3 heterocycles. The lowest BCUT2D eigenvalue weighted by Crippen LogP contribution is -2.33. The number of hydrogen-bond acceptors (Lipinski definition) is 3. The highest BCUT2D eigenvalue weighted by atomic mass is 16.5. The lowest BCUT2D eigenvalue weighted by molar-refractivity contribution is -0.587. The zero-order valence-corrected chi connectivity index (χ0v) is 39.2. The smallest absolute Gasteiger partial charge is 0.231 e. The van der Waals surface area contributed by atoms with Gasteiger partial charge in [-0.15, -0.1) is 0 Å². The molecule has 10 aromatic rings. The summed E-state index contributed by atoms with van der Waals surface area (Å²) in [6.45, 7) is 19.1. The quantitative estimate of drug-likeness (QED) is 0.113. The SMILES string of the molecule is [2H]c1c([2H])c([2H])c(-c2cccc(-c3c([2H])c([2H])c([2H])c([2H])c3[2H])c2-[n+]2[c-]n(-c3cc(Oc4ccc5c6ccccc6n(-c6cc(C(C)(C)C)ccn6)c5c4)cc(C(C)(C)C)c3)nc2-c2cccc(C(C)(C)C)c2)c([2H])c1[2H]. The van der Waals surface area contributed by atoms with Gasteiger partial charge in [-0.25, -0.2) is 4.98 Å². The molecule has 6 nitrogen and oxygen atoms in total. The van der Waals surface area contributed by atoms with E-state index in [0.29, 0.717) is 22.7 Å². The first-order chi connectivity index (χ1) is 36.2. The zero-order chi connectivity index (χ0) is 55.4. The van der Waals surface area contributed by atoms with Crippen molar-refractivity contribution in [3.63, 3.8) is 0 Å². The van der Waals surface area contributed by atoms with E-state index in [1.165, 1.54) is 0 Å². The Labute approximate surface area is 408 Å². The third kappa shape index (κ3) is 8.45. The second-order valence-corrected chi connectivity index (χ2v) is 20.0. The normalized spacial score (nSPS) is 14.3. The summed E-state index contributed by atoms with van der Waals surface area (Å²) in [6, 6.07) is 31.5. The average Bonchev–Trinajstić information content (AvgIpc) is 3.98. The van der Waals surface area contributed by atoms with E-state index in [2.05, 4.69) is 104 Å². The van der Waals surface area contributed by atoms with E-state index in [0.717, 1.165) is 44.3 Å². The molecule has 10 rings (SSSR count). The van der Waals surface area contributed by atoms with Crippen molar-refractivity contribution in [3.05, 3.63) is 205 Å². The summed E-state index contributed by atoms with van der Waals surface area (Å²) in [5, 5.41) is 7.38. The molecule has 0 N–H and O–H groups in total. The zero-order valence-electron chi connectivity index (χ0n) is 49.2. The predicted octanol–water partition coefficient (Wildman–Crippen LogP) is 15.1. The third-order valence-corrected chi connectivity index (χ3v) is 12.1.